The molecule has 1 fully saturated rings. The Balaban J connectivity index is 1.41. The number of carbonyl (C=O) groups excluding carboxylic acids is 2. The number of fused-ring (bicyclic) bond motifs is 2. The highest BCUT2D eigenvalue weighted by molar-refractivity contribution is 6.72. The lowest BCUT2D eigenvalue weighted by molar-refractivity contribution is -0.146. The molecule has 2 N–H and O–H groups in total. The summed E-state index contributed by atoms with van der Waals surface area (Å²) in [5.74, 6) is -0.765. The number of ether oxygens (including phenoxy) is 1. The summed E-state index contributed by atoms with van der Waals surface area (Å²) in [6.45, 7) is 5.41. The molecule has 2 aliphatic heterocycles. The second-order valence-electron chi connectivity index (χ2n) is 10.7. The number of benzene rings is 3. The molecule has 3 aromatic rings. The molecule has 0 bridgehead atoms. The highest BCUT2D eigenvalue weighted by Crippen LogP contribution is 2.60. The van der Waals surface area contributed by atoms with Crippen LogP contribution in [0.1, 0.15) is 34.8 Å². The number of anilines is 2. The number of nitrogens with zero attached hydrogens (tertiary/aromatic N) is 1. The maximum Gasteiger partial charge on any atom is 0.264 e. The maximum atomic E-state index is 15.6. The van der Waals surface area contributed by atoms with Crippen LogP contribution in [0.15, 0.2) is 78.9 Å². The van der Waals surface area contributed by atoms with Crippen LogP contribution in [0.25, 0.3) is 0 Å². The minimum Gasteiger partial charge on any atom is -0.396 e. The monoisotopic (exact) mass is 532 g/mol. The van der Waals surface area contributed by atoms with Gasteiger partial charge in [-0.3, -0.25) is 9.59 Å². The van der Waals surface area contributed by atoms with Crippen LogP contribution in [-0.4, -0.2) is 38.0 Å². The van der Waals surface area contributed by atoms with Crippen molar-refractivity contribution in [3.8, 4) is 0 Å². The van der Waals surface area contributed by atoms with Crippen LogP contribution in [0.4, 0.5) is 15.5 Å². The Morgan fingerprint density at radius 3 is 2.37 bits per heavy atom. The summed E-state index contributed by atoms with van der Waals surface area (Å²) in [7, 11) is -3.21. The number of para-hydroxylation sites is 1. The quantitative estimate of drug-likeness (QED) is 0.305. The number of hydrogen-bond acceptors (Lipinski definition) is 4. The lowest BCUT2D eigenvalue weighted by Gasteiger charge is -2.31. The van der Waals surface area contributed by atoms with E-state index in [1.54, 1.807) is 30.1 Å². The number of aliphatic hydroxyl groups excluding tert-OH is 1. The number of hydrogen-bond donors (Lipinski definition) is 2. The van der Waals surface area contributed by atoms with Crippen LogP contribution < -0.4 is 10.2 Å². The average Bonchev–Trinajstić information content (AvgIpc) is 3.33. The minimum absolute atomic E-state index is 0.124. The Bertz CT molecular complexity index is 1330. The van der Waals surface area contributed by atoms with Crippen molar-refractivity contribution in [1.29, 1.82) is 0 Å². The van der Waals surface area contributed by atoms with Crippen LogP contribution >= 0.6 is 0 Å². The van der Waals surface area contributed by atoms with Gasteiger partial charge in [0.1, 0.15) is 0 Å². The molecule has 6 nitrogen and oxygen atoms in total. The van der Waals surface area contributed by atoms with Crippen LogP contribution in [0.3, 0.4) is 0 Å². The van der Waals surface area contributed by atoms with Crippen molar-refractivity contribution < 1.29 is 23.5 Å². The van der Waals surface area contributed by atoms with Gasteiger partial charge in [0.05, 0.1) is 18.3 Å². The number of aliphatic hydroxyl groups is 1. The molecule has 1 spiro atoms. The summed E-state index contributed by atoms with van der Waals surface area (Å²) in [6, 6.07) is 24.0. The van der Waals surface area contributed by atoms with Gasteiger partial charge in [0.25, 0.3) is 11.8 Å². The number of carbonyl (C=O) groups is 2. The third-order valence-corrected chi connectivity index (χ3v) is 10.3. The topological polar surface area (TPSA) is 78.9 Å². The summed E-state index contributed by atoms with van der Waals surface area (Å²) >= 11 is 0. The van der Waals surface area contributed by atoms with Crippen molar-refractivity contribution in [2.45, 2.75) is 50.2 Å². The van der Waals surface area contributed by atoms with Gasteiger partial charge in [-0.1, -0.05) is 55.5 Å². The van der Waals surface area contributed by atoms with Gasteiger partial charge in [-0.2, -0.15) is 0 Å². The standard InChI is InChI=1S/C30H33FN2O4Si/c1-20-27(38(2,3)31)26(17-18-34)37-30(20)24-11-7-8-12-25(24)33(29(30)36)19-21-13-15-23(16-14-21)32-28(35)22-9-5-4-6-10-22/h4-16,20,26-27,34H,17-19H2,1-3H3,(H,32,35)/t20-,26+,27-,30+/m0/s1. The fourth-order valence-corrected chi connectivity index (χ4v) is 8.77. The Morgan fingerprint density at radius 1 is 1.05 bits per heavy atom. The normalized spacial score (nSPS) is 24.6. The summed E-state index contributed by atoms with van der Waals surface area (Å²) in [5.41, 5.74) is 1.94. The smallest absolute Gasteiger partial charge is 0.264 e. The van der Waals surface area contributed by atoms with E-state index in [1.165, 1.54) is 0 Å². The molecule has 0 aromatic heterocycles. The highest BCUT2D eigenvalue weighted by atomic mass is 28.4. The van der Waals surface area contributed by atoms with E-state index in [1.807, 2.05) is 73.7 Å². The van der Waals surface area contributed by atoms with E-state index in [0.29, 0.717) is 24.2 Å². The lowest BCUT2D eigenvalue weighted by atomic mass is 9.82. The van der Waals surface area contributed by atoms with E-state index in [-0.39, 0.29) is 24.3 Å². The zero-order valence-electron chi connectivity index (χ0n) is 21.9. The van der Waals surface area contributed by atoms with Crippen LogP contribution in [0.2, 0.25) is 18.6 Å². The van der Waals surface area contributed by atoms with Crippen molar-refractivity contribution in [2.75, 3.05) is 16.8 Å². The van der Waals surface area contributed by atoms with Crippen molar-refractivity contribution in [3.05, 3.63) is 95.6 Å². The minimum atomic E-state index is -3.21. The Hall–Kier alpha value is -3.33. The van der Waals surface area contributed by atoms with Gasteiger partial charge in [-0.15, -0.1) is 0 Å². The molecule has 2 amide bonds. The fraction of sp³-hybridized carbons (Fsp3) is 0.333. The van der Waals surface area contributed by atoms with Crippen LogP contribution in [0.5, 0.6) is 0 Å². The second kappa shape index (κ2) is 10.1. The van der Waals surface area contributed by atoms with Gasteiger partial charge >= 0.3 is 0 Å². The number of halogens is 1. The summed E-state index contributed by atoms with van der Waals surface area (Å²) < 4.78 is 22.1. The van der Waals surface area contributed by atoms with Gasteiger partial charge in [0.15, 0.2) is 5.60 Å². The molecular weight excluding hydrogens is 499 g/mol. The van der Waals surface area contributed by atoms with Crippen LogP contribution in [-0.2, 0) is 21.7 Å². The predicted octanol–water partition coefficient (Wildman–Crippen LogP) is 5.64. The molecule has 0 radical (unpaired) electrons. The number of amides is 2. The Kier molecular flexibility index (Phi) is 6.98. The van der Waals surface area contributed by atoms with E-state index in [4.69, 9.17) is 4.74 Å². The van der Waals surface area contributed by atoms with Crippen LogP contribution in [0, 0.1) is 5.92 Å². The zero-order chi connectivity index (χ0) is 27.1. The fourth-order valence-electron chi connectivity index (χ4n) is 6.22. The Labute approximate surface area is 223 Å². The third-order valence-electron chi connectivity index (χ3n) is 7.87. The molecule has 3 aromatic carbocycles. The molecular formula is C30H33FN2O4Si. The van der Waals surface area contributed by atoms with Crippen molar-refractivity contribution in [2.24, 2.45) is 5.92 Å². The second-order valence-corrected chi connectivity index (χ2v) is 14.5. The molecule has 1 saturated heterocycles. The molecule has 38 heavy (non-hydrogen) atoms. The molecule has 8 heteroatoms. The first-order chi connectivity index (χ1) is 18.2. The maximum absolute atomic E-state index is 15.6. The first kappa shape index (κ1) is 26.3. The van der Waals surface area contributed by atoms with E-state index < -0.39 is 25.7 Å². The first-order valence-electron chi connectivity index (χ1n) is 13.0. The first-order valence-corrected chi connectivity index (χ1v) is 16.0. The molecule has 0 saturated carbocycles. The van der Waals surface area contributed by atoms with E-state index in [0.717, 1.165) is 16.8 Å². The molecule has 198 valence electrons. The SMILES string of the molecule is C[C@H]1[C@H]([Si](C)(C)F)[C@@H](CCO)O[C@]12C(=O)N(Cc1ccc(NC(=O)c3ccccc3)cc1)c1ccccc12. The molecule has 2 aliphatic rings. The van der Waals surface area contributed by atoms with E-state index in [9.17, 15) is 14.7 Å². The number of rotatable bonds is 7. The van der Waals surface area contributed by atoms with Crippen molar-refractivity contribution >= 4 is 31.6 Å². The van der Waals surface area contributed by atoms with E-state index >= 15 is 4.11 Å². The van der Waals surface area contributed by atoms with Crippen molar-refractivity contribution in [3.63, 3.8) is 0 Å². The van der Waals surface area contributed by atoms with Gasteiger partial charge < -0.3 is 24.2 Å². The van der Waals surface area contributed by atoms with Gasteiger partial charge in [0, 0.05) is 34.9 Å². The predicted molar refractivity (Wildman–Crippen MR) is 148 cm³/mol. The molecule has 0 unspecified atom stereocenters. The van der Waals surface area contributed by atoms with Gasteiger partial charge in [0.2, 0.25) is 8.41 Å². The van der Waals surface area contributed by atoms with Gasteiger partial charge in [-0.25, -0.2) is 0 Å². The van der Waals surface area contributed by atoms with E-state index in [2.05, 4.69) is 5.32 Å². The zero-order valence-corrected chi connectivity index (χ0v) is 22.9. The largest absolute Gasteiger partial charge is 0.396 e. The molecule has 4 atom stereocenters. The highest BCUT2D eigenvalue weighted by Gasteiger charge is 2.66. The average molecular weight is 533 g/mol. The summed E-state index contributed by atoms with van der Waals surface area (Å²) in [6.07, 6.45) is -0.228. The molecule has 0 aliphatic carbocycles. The molecule has 5 rings (SSSR count). The van der Waals surface area contributed by atoms with Crippen molar-refractivity contribution in [1.82, 2.24) is 0 Å². The summed E-state index contributed by atoms with van der Waals surface area (Å²) in [4.78, 5) is 28.4. The molecule has 2 heterocycles. The third kappa shape index (κ3) is 4.46. The number of nitrogens with one attached hydrogen (secondary N) is 1. The van der Waals surface area contributed by atoms with Gasteiger partial charge in [-0.05, 0) is 55.4 Å². The lowest BCUT2D eigenvalue weighted by Crippen LogP contribution is -2.45. The Morgan fingerprint density at radius 2 is 1.71 bits per heavy atom. The summed E-state index contributed by atoms with van der Waals surface area (Å²) in [5, 5.41) is 12.6.